The number of aliphatic hydroxyl groups excluding tert-OH is 1. The van der Waals surface area contributed by atoms with E-state index in [1.54, 1.807) is 19.9 Å². The molecule has 2 aliphatic heterocycles. The van der Waals surface area contributed by atoms with Gasteiger partial charge in [0.15, 0.2) is 0 Å². The molecule has 0 aromatic rings. The Bertz CT molecular complexity index is 1400. The van der Waals surface area contributed by atoms with E-state index in [1.165, 1.54) is 14.0 Å². The Hall–Kier alpha value is -2.24. The van der Waals surface area contributed by atoms with E-state index < -0.39 is 64.8 Å². The van der Waals surface area contributed by atoms with Gasteiger partial charge in [0, 0.05) is 43.4 Å². The molecule has 1 saturated carbocycles. The maximum Gasteiger partial charge on any atom is 0.317 e. The van der Waals surface area contributed by atoms with Gasteiger partial charge in [-0.15, -0.1) is 0 Å². The number of Topliss-reactive ketones (excluding diaryl/α,β-unsaturated/α-hetero) is 3. The predicted molar refractivity (Wildman–Crippen MR) is 192 cm³/mol. The molecular formula is C41H64O10. The van der Waals surface area contributed by atoms with Crippen LogP contribution in [0.15, 0.2) is 22.8 Å². The lowest BCUT2D eigenvalue weighted by molar-refractivity contribution is -0.219. The van der Waals surface area contributed by atoms with Gasteiger partial charge in [0.25, 0.3) is 0 Å². The van der Waals surface area contributed by atoms with Crippen LogP contribution in [-0.2, 0) is 28.7 Å². The van der Waals surface area contributed by atoms with E-state index in [2.05, 4.69) is 0 Å². The number of rotatable bonds is 2. The number of carbonyl (C=O) groups excluding carboxylic acids is 4. The first-order valence-corrected chi connectivity index (χ1v) is 19.2. The summed E-state index contributed by atoms with van der Waals surface area (Å²) in [5, 5.41) is 47.7. The lowest BCUT2D eigenvalue weighted by Gasteiger charge is -2.51. The monoisotopic (exact) mass is 716 g/mol. The summed E-state index contributed by atoms with van der Waals surface area (Å²) < 4.78 is 11.8. The van der Waals surface area contributed by atoms with Crippen LogP contribution in [0.5, 0.6) is 0 Å². The molecule has 10 nitrogen and oxygen atoms in total. The fourth-order valence-electron chi connectivity index (χ4n) is 9.46. The Balaban J connectivity index is 2.04. The van der Waals surface area contributed by atoms with Crippen LogP contribution in [0, 0.1) is 35.0 Å². The molecule has 0 aromatic heterocycles. The highest BCUT2D eigenvalue weighted by atomic mass is 16.5. The van der Waals surface area contributed by atoms with Crippen molar-refractivity contribution in [1.82, 2.24) is 0 Å². The average Bonchev–Trinajstić information content (AvgIpc) is 3.01. The minimum absolute atomic E-state index is 0.00969. The van der Waals surface area contributed by atoms with E-state index in [0.717, 1.165) is 12.0 Å². The first kappa shape index (κ1) is 41.5. The minimum atomic E-state index is -1.93. The molecule has 4 aliphatic rings. The fraction of sp³-hybridized carbons (Fsp3) is 0.805. The second kappa shape index (κ2) is 15.6. The van der Waals surface area contributed by atoms with Crippen LogP contribution in [0.2, 0.25) is 0 Å². The third kappa shape index (κ3) is 8.61. The van der Waals surface area contributed by atoms with Crippen molar-refractivity contribution in [2.24, 2.45) is 35.0 Å². The number of methoxy groups -OCH3 is 1. The summed E-state index contributed by atoms with van der Waals surface area (Å²) in [6.07, 6.45) is 1.51. The fourth-order valence-corrected chi connectivity index (χ4v) is 9.46. The maximum atomic E-state index is 14.7. The second-order valence-electron chi connectivity index (χ2n) is 17.7. The van der Waals surface area contributed by atoms with Gasteiger partial charge in [-0.3, -0.25) is 19.2 Å². The standard InChI is InChI=1S/C41H64O10/c1-23(2)27-19-30(42)26(5)12-10-11-24(3)18-31(43)29-20-40(8,49)36-28(41(29,22-32(27)44)37(46)50-9)17-25(4)13-14-34-38(6,47)16-15-35(51-34)39(7,48)21-33(36)45/h17,23-24,26-27,29,33-35,45,47-49H,10-16,18-22H2,1-9H3. The van der Waals surface area contributed by atoms with Gasteiger partial charge >= 0.3 is 5.97 Å². The first-order valence-electron chi connectivity index (χ1n) is 19.2. The Labute approximate surface area is 304 Å². The second-order valence-corrected chi connectivity index (χ2v) is 17.7. The van der Waals surface area contributed by atoms with Crippen LogP contribution in [-0.4, -0.2) is 86.0 Å². The molecule has 2 bridgehead atoms. The highest BCUT2D eigenvalue weighted by Crippen LogP contribution is 2.56. The van der Waals surface area contributed by atoms with Crippen molar-refractivity contribution >= 4 is 23.3 Å². The predicted octanol–water partition coefficient (Wildman–Crippen LogP) is 5.36. The van der Waals surface area contributed by atoms with E-state index in [0.29, 0.717) is 38.5 Å². The van der Waals surface area contributed by atoms with Crippen molar-refractivity contribution in [3.8, 4) is 0 Å². The van der Waals surface area contributed by atoms with Crippen LogP contribution in [0.1, 0.15) is 132 Å². The number of hydrogen-bond acceptors (Lipinski definition) is 10. The van der Waals surface area contributed by atoms with Gasteiger partial charge in [0.05, 0.1) is 42.2 Å². The highest BCUT2D eigenvalue weighted by molar-refractivity contribution is 5.98. The molecule has 4 rings (SSSR count). The Kier molecular flexibility index (Phi) is 12.7. The lowest BCUT2D eigenvalue weighted by atomic mass is 9.53. The number of hydrogen-bond donors (Lipinski definition) is 4. The third-order valence-corrected chi connectivity index (χ3v) is 12.8. The summed E-state index contributed by atoms with van der Waals surface area (Å²) in [5.74, 6) is -3.95. The van der Waals surface area contributed by atoms with Gasteiger partial charge in [-0.1, -0.05) is 52.2 Å². The van der Waals surface area contributed by atoms with Gasteiger partial charge in [-0.2, -0.15) is 0 Å². The zero-order valence-corrected chi connectivity index (χ0v) is 32.4. The minimum Gasteiger partial charge on any atom is -0.468 e. The molecule has 0 spiro atoms. The summed E-state index contributed by atoms with van der Waals surface area (Å²) in [6.45, 7) is 14.2. The summed E-state index contributed by atoms with van der Waals surface area (Å²) in [6, 6.07) is 0. The van der Waals surface area contributed by atoms with Crippen molar-refractivity contribution in [3.05, 3.63) is 22.8 Å². The quantitative estimate of drug-likeness (QED) is 0.273. The number of ether oxygens (including phenoxy) is 2. The number of allylic oxidation sites excluding steroid dienone is 2. The number of esters is 1. The molecule has 0 aromatic carbocycles. The molecule has 288 valence electrons. The highest BCUT2D eigenvalue weighted by Gasteiger charge is 2.61. The van der Waals surface area contributed by atoms with Gasteiger partial charge in [0.1, 0.15) is 22.8 Å². The molecule has 0 amide bonds. The summed E-state index contributed by atoms with van der Waals surface area (Å²) in [5.41, 5.74) is -5.58. The smallest absolute Gasteiger partial charge is 0.317 e. The normalized spacial score (nSPS) is 42.5. The number of carbonyl (C=O) groups is 4. The SMILES string of the molecule is COC(=O)C12CC(=O)C(C(C)C)CC(=O)C(C)CCCC(C)CC(=O)C1CC(C)(O)C1=C2C=C(C)CCC2OC(CCC2(C)O)C(C)(O)CC1O. The maximum absolute atomic E-state index is 14.7. The van der Waals surface area contributed by atoms with Gasteiger partial charge in [-0.05, 0) is 89.2 Å². The number of aliphatic hydroxyl groups is 4. The molecular weight excluding hydrogens is 652 g/mol. The van der Waals surface area contributed by atoms with Crippen LogP contribution >= 0.6 is 0 Å². The molecule has 10 heteroatoms. The molecule has 11 atom stereocenters. The van der Waals surface area contributed by atoms with Crippen molar-refractivity contribution in [2.75, 3.05) is 7.11 Å². The van der Waals surface area contributed by atoms with Crippen LogP contribution in [0.25, 0.3) is 0 Å². The Morgan fingerprint density at radius 3 is 2.18 bits per heavy atom. The summed E-state index contributed by atoms with van der Waals surface area (Å²) in [7, 11) is 1.21. The average molecular weight is 717 g/mol. The van der Waals surface area contributed by atoms with Crippen molar-refractivity contribution in [3.63, 3.8) is 0 Å². The van der Waals surface area contributed by atoms with E-state index in [-0.39, 0.29) is 71.9 Å². The molecule has 2 heterocycles. The largest absolute Gasteiger partial charge is 0.468 e. The third-order valence-electron chi connectivity index (χ3n) is 12.8. The van der Waals surface area contributed by atoms with E-state index >= 15 is 0 Å². The van der Waals surface area contributed by atoms with Gasteiger partial charge in [0.2, 0.25) is 0 Å². The Morgan fingerprint density at radius 1 is 0.902 bits per heavy atom. The van der Waals surface area contributed by atoms with E-state index in [9.17, 15) is 39.6 Å². The number of ketones is 3. The summed E-state index contributed by atoms with van der Waals surface area (Å²) in [4.78, 5) is 57.4. The molecule has 11 unspecified atom stereocenters. The summed E-state index contributed by atoms with van der Waals surface area (Å²) >= 11 is 0. The van der Waals surface area contributed by atoms with Crippen molar-refractivity contribution in [2.45, 2.75) is 168 Å². The lowest BCUT2D eigenvalue weighted by Crippen LogP contribution is -2.58. The van der Waals surface area contributed by atoms with Crippen LogP contribution in [0.4, 0.5) is 0 Å². The van der Waals surface area contributed by atoms with E-state index in [4.69, 9.17) is 9.47 Å². The molecule has 51 heavy (non-hydrogen) atoms. The molecule has 1 saturated heterocycles. The zero-order valence-electron chi connectivity index (χ0n) is 32.4. The zero-order chi connectivity index (χ0) is 38.3. The first-order chi connectivity index (χ1) is 23.6. The van der Waals surface area contributed by atoms with Crippen molar-refractivity contribution < 1.29 is 49.1 Å². The van der Waals surface area contributed by atoms with Crippen LogP contribution in [0.3, 0.4) is 0 Å². The number of fused-ring (bicyclic) bond motifs is 4. The topological polar surface area (TPSA) is 168 Å². The Morgan fingerprint density at radius 2 is 1.55 bits per heavy atom. The molecule has 2 aliphatic carbocycles. The molecule has 0 radical (unpaired) electrons. The molecule has 4 N–H and O–H groups in total. The van der Waals surface area contributed by atoms with E-state index in [1.807, 2.05) is 34.6 Å². The van der Waals surface area contributed by atoms with Crippen LogP contribution < -0.4 is 0 Å². The van der Waals surface area contributed by atoms with Gasteiger partial charge < -0.3 is 29.9 Å². The molecule has 2 fully saturated rings. The van der Waals surface area contributed by atoms with Gasteiger partial charge in [-0.25, -0.2) is 0 Å². The van der Waals surface area contributed by atoms with Crippen molar-refractivity contribution in [1.29, 1.82) is 0 Å².